The summed E-state index contributed by atoms with van der Waals surface area (Å²) in [5.41, 5.74) is 13.9. The summed E-state index contributed by atoms with van der Waals surface area (Å²) in [6.07, 6.45) is 0. The molecule has 0 radical (unpaired) electrons. The fourth-order valence-corrected chi connectivity index (χ4v) is 8.09. The summed E-state index contributed by atoms with van der Waals surface area (Å²) in [5, 5.41) is 2.51. The largest absolute Gasteiger partial charge is 0.309 e. The molecule has 0 N–H and O–H groups in total. The number of benzene rings is 7. The van der Waals surface area contributed by atoms with Gasteiger partial charge in [-0.1, -0.05) is 147 Å². The van der Waals surface area contributed by atoms with Crippen LogP contribution in [0.4, 0.5) is 0 Å². The number of hydrogen-bond donors (Lipinski definition) is 0. The Kier molecular flexibility index (Phi) is 6.80. The van der Waals surface area contributed by atoms with Gasteiger partial charge in [-0.25, -0.2) is 15.0 Å². The normalized spacial score (nSPS) is 13.0. The van der Waals surface area contributed by atoms with Gasteiger partial charge in [-0.3, -0.25) is 0 Å². The van der Waals surface area contributed by atoms with Crippen molar-refractivity contribution in [2.45, 2.75) is 19.3 Å². The van der Waals surface area contributed by atoms with Crippen LogP contribution in [0.25, 0.3) is 83.9 Å². The minimum absolute atomic E-state index is 0.0846. The number of rotatable bonds is 5. The smallest absolute Gasteiger partial charge is 0.164 e. The number of hydrogen-bond acceptors (Lipinski definition) is 3. The van der Waals surface area contributed by atoms with Gasteiger partial charge in [0, 0.05) is 44.1 Å². The minimum Gasteiger partial charge on any atom is -0.309 e. The maximum absolute atomic E-state index is 5.09. The lowest BCUT2D eigenvalue weighted by Gasteiger charge is -2.21. The van der Waals surface area contributed by atoms with E-state index in [-0.39, 0.29) is 5.41 Å². The van der Waals surface area contributed by atoms with Crippen molar-refractivity contribution < 1.29 is 0 Å². The summed E-state index contributed by atoms with van der Waals surface area (Å²) < 4.78 is 2.44. The van der Waals surface area contributed by atoms with Gasteiger partial charge >= 0.3 is 0 Å². The lowest BCUT2D eigenvalue weighted by atomic mass is 9.82. The highest BCUT2D eigenvalue weighted by molar-refractivity contribution is 6.15. The van der Waals surface area contributed by atoms with Crippen LogP contribution in [0.3, 0.4) is 0 Å². The van der Waals surface area contributed by atoms with Gasteiger partial charge in [0.25, 0.3) is 0 Å². The van der Waals surface area contributed by atoms with E-state index < -0.39 is 0 Å². The highest BCUT2D eigenvalue weighted by atomic mass is 15.0. The summed E-state index contributed by atoms with van der Waals surface area (Å²) >= 11 is 0. The van der Waals surface area contributed by atoms with E-state index in [1.807, 2.05) is 36.4 Å². The number of nitrogens with zero attached hydrogens (tertiary/aromatic N) is 4. The van der Waals surface area contributed by atoms with Gasteiger partial charge in [0.05, 0.1) is 11.0 Å². The molecule has 1 aliphatic rings. The molecule has 4 nitrogen and oxygen atoms in total. The Bertz CT molecular complexity index is 2800. The molecule has 0 fully saturated rings. The quantitative estimate of drug-likeness (QED) is 0.184. The highest BCUT2D eigenvalue weighted by Gasteiger charge is 2.37. The second-order valence-electron chi connectivity index (χ2n) is 14.1. The standard InChI is InChI=1S/C48H34N4/c1-48(2)40-22-11-9-21-39(40)43-41(48)29-28-38-37-20-10-12-23-42(37)52(44(38)43)36-26-24-33(25-27-36)46-49-45(32-16-7-4-8-17-32)50-47(51-46)35-19-13-18-34(30-35)31-14-5-3-6-15-31/h3-30H,1-2H3. The summed E-state index contributed by atoms with van der Waals surface area (Å²) in [5.74, 6) is 1.93. The van der Waals surface area contributed by atoms with Crippen LogP contribution in [-0.2, 0) is 5.41 Å². The van der Waals surface area contributed by atoms with Gasteiger partial charge in [0.15, 0.2) is 17.5 Å². The Hall–Kier alpha value is -6.65. The molecule has 0 bridgehead atoms. The SMILES string of the molecule is CC1(C)c2ccccc2-c2c1ccc1c3ccccc3n(-c3ccc(-c4nc(-c5ccccc5)nc(-c5cccc(-c6ccccc6)c5)n4)cc3)c21. The molecule has 0 amide bonds. The van der Waals surface area contributed by atoms with Gasteiger partial charge in [-0.05, 0) is 64.2 Å². The highest BCUT2D eigenvalue weighted by Crippen LogP contribution is 2.52. The van der Waals surface area contributed by atoms with Crippen LogP contribution in [0.5, 0.6) is 0 Å². The van der Waals surface area contributed by atoms with E-state index in [2.05, 4.69) is 152 Å². The molecule has 0 saturated carbocycles. The van der Waals surface area contributed by atoms with E-state index in [9.17, 15) is 0 Å². The van der Waals surface area contributed by atoms with Crippen LogP contribution >= 0.6 is 0 Å². The first kappa shape index (κ1) is 30.2. The summed E-state index contributed by atoms with van der Waals surface area (Å²) in [4.78, 5) is 15.1. The number of para-hydroxylation sites is 1. The van der Waals surface area contributed by atoms with Crippen LogP contribution in [0.1, 0.15) is 25.0 Å². The average molecular weight is 667 g/mol. The second kappa shape index (κ2) is 11.7. The Labute approximate surface area is 302 Å². The van der Waals surface area contributed by atoms with Crippen molar-refractivity contribution in [2.24, 2.45) is 0 Å². The molecule has 2 aromatic heterocycles. The van der Waals surface area contributed by atoms with Crippen LogP contribution in [-0.4, -0.2) is 19.5 Å². The number of fused-ring (bicyclic) bond motifs is 7. The summed E-state index contributed by atoms with van der Waals surface area (Å²) in [6, 6.07) is 60.0. The van der Waals surface area contributed by atoms with Crippen LogP contribution in [0.15, 0.2) is 170 Å². The lowest BCUT2D eigenvalue weighted by Crippen LogP contribution is -2.14. The van der Waals surface area contributed by atoms with Crippen LogP contribution in [0.2, 0.25) is 0 Å². The third-order valence-corrected chi connectivity index (χ3v) is 10.7. The monoisotopic (exact) mass is 666 g/mol. The fraction of sp³-hybridized carbons (Fsp3) is 0.0625. The van der Waals surface area contributed by atoms with Crippen LogP contribution in [0, 0.1) is 0 Å². The summed E-state index contributed by atoms with van der Waals surface area (Å²) in [7, 11) is 0. The van der Waals surface area contributed by atoms with Gasteiger partial charge in [0.2, 0.25) is 0 Å². The molecular weight excluding hydrogens is 633 g/mol. The van der Waals surface area contributed by atoms with E-state index in [0.29, 0.717) is 17.5 Å². The van der Waals surface area contributed by atoms with E-state index in [1.165, 1.54) is 44.1 Å². The van der Waals surface area contributed by atoms with Crippen molar-refractivity contribution in [3.63, 3.8) is 0 Å². The minimum atomic E-state index is -0.0846. The number of aromatic nitrogens is 4. The van der Waals surface area contributed by atoms with Crippen molar-refractivity contribution in [3.8, 4) is 62.1 Å². The molecule has 1 aliphatic carbocycles. The second-order valence-corrected chi connectivity index (χ2v) is 14.1. The lowest BCUT2D eigenvalue weighted by molar-refractivity contribution is 0.661. The molecule has 10 rings (SSSR count). The first-order valence-electron chi connectivity index (χ1n) is 17.8. The zero-order valence-corrected chi connectivity index (χ0v) is 29.0. The van der Waals surface area contributed by atoms with E-state index in [1.54, 1.807) is 0 Å². The molecule has 52 heavy (non-hydrogen) atoms. The Morgan fingerprint density at radius 3 is 1.75 bits per heavy atom. The predicted molar refractivity (Wildman–Crippen MR) is 213 cm³/mol. The van der Waals surface area contributed by atoms with Gasteiger partial charge in [0.1, 0.15) is 0 Å². The molecule has 246 valence electrons. The molecule has 9 aromatic rings. The zero-order chi connectivity index (χ0) is 34.8. The molecule has 4 heteroatoms. The van der Waals surface area contributed by atoms with Crippen molar-refractivity contribution in [2.75, 3.05) is 0 Å². The predicted octanol–water partition coefficient (Wildman–Crippen LogP) is 11.9. The van der Waals surface area contributed by atoms with Gasteiger partial charge in [-0.2, -0.15) is 0 Å². The first-order chi connectivity index (χ1) is 25.5. The molecule has 0 aliphatic heterocycles. The van der Waals surface area contributed by atoms with E-state index >= 15 is 0 Å². The average Bonchev–Trinajstić information content (AvgIpc) is 3.67. The molecule has 0 unspecified atom stereocenters. The maximum atomic E-state index is 5.09. The van der Waals surface area contributed by atoms with E-state index in [0.717, 1.165) is 33.5 Å². The zero-order valence-electron chi connectivity index (χ0n) is 29.0. The maximum Gasteiger partial charge on any atom is 0.164 e. The van der Waals surface area contributed by atoms with Gasteiger partial charge in [-0.15, -0.1) is 0 Å². The molecule has 0 spiro atoms. The molecule has 0 atom stereocenters. The molecular formula is C48H34N4. The third kappa shape index (κ3) is 4.72. The Morgan fingerprint density at radius 1 is 0.423 bits per heavy atom. The van der Waals surface area contributed by atoms with Crippen molar-refractivity contribution >= 4 is 21.8 Å². The molecule has 2 heterocycles. The Morgan fingerprint density at radius 2 is 1.00 bits per heavy atom. The van der Waals surface area contributed by atoms with Crippen LogP contribution < -0.4 is 0 Å². The Balaban J connectivity index is 1.14. The third-order valence-electron chi connectivity index (χ3n) is 10.7. The fourth-order valence-electron chi connectivity index (χ4n) is 8.09. The topological polar surface area (TPSA) is 43.6 Å². The molecule has 0 saturated heterocycles. The van der Waals surface area contributed by atoms with Crippen molar-refractivity contribution in [3.05, 3.63) is 181 Å². The summed E-state index contributed by atoms with van der Waals surface area (Å²) in [6.45, 7) is 4.69. The van der Waals surface area contributed by atoms with Gasteiger partial charge < -0.3 is 4.57 Å². The van der Waals surface area contributed by atoms with E-state index in [4.69, 9.17) is 15.0 Å². The van der Waals surface area contributed by atoms with Crippen molar-refractivity contribution in [1.82, 2.24) is 19.5 Å². The van der Waals surface area contributed by atoms with Crippen molar-refractivity contribution in [1.29, 1.82) is 0 Å². The molecule has 7 aromatic carbocycles. The first-order valence-corrected chi connectivity index (χ1v) is 17.8.